The summed E-state index contributed by atoms with van der Waals surface area (Å²) in [5, 5.41) is 7.34. The zero-order valence-corrected chi connectivity index (χ0v) is 15.1. The Morgan fingerprint density at radius 2 is 1.41 bits per heavy atom. The van der Waals surface area contributed by atoms with Crippen molar-refractivity contribution in [3.8, 4) is 11.1 Å². The normalized spacial score (nSPS) is 11.3. The standard InChI is InChI=1S/C24H20N2O/c1-2-7-22(27)26-21-15-13-17-9-4-6-11-19(17)24(21)23-18-10-5-3-8-16(18)12-14-20(23)25/h2-15H,25H2,1H3,(H,26,27)/b7-2+. The maximum atomic E-state index is 12.3. The van der Waals surface area contributed by atoms with Gasteiger partial charge in [-0.3, -0.25) is 4.79 Å². The number of hydrogen-bond acceptors (Lipinski definition) is 2. The first kappa shape index (κ1) is 16.9. The molecule has 0 fully saturated rings. The maximum absolute atomic E-state index is 12.3. The van der Waals surface area contributed by atoms with Crippen LogP contribution < -0.4 is 11.1 Å². The topological polar surface area (TPSA) is 55.1 Å². The van der Waals surface area contributed by atoms with Crippen LogP contribution in [0.5, 0.6) is 0 Å². The predicted molar refractivity (Wildman–Crippen MR) is 115 cm³/mol. The summed E-state index contributed by atoms with van der Waals surface area (Å²) in [6.07, 6.45) is 3.24. The second-order valence-electron chi connectivity index (χ2n) is 6.45. The molecule has 0 aliphatic rings. The van der Waals surface area contributed by atoms with Gasteiger partial charge >= 0.3 is 0 Å². The van der Waals surface area contributed by atoms with Crippen molar-refractivity contribution in [3.05, 3.63) is 84.9 Å². The first-order valence-electron chi connectivity index (χ1n) is 8.92. The summed E-state index contributed by atoms with van der Waals surface area (Å²) in [5.74, 6) is -0.159. The number of allylic oxidation sites excluding steroid dienone is 1. The molecule has 1 amide bonds. The number of nitrogens with one attached hydrogen (secondary N) is 1. The Hall–Kier alpha value is -3.59. The van der Waals surface area contributed by atoms with Gasteiger partial charge in [-0.2, -0.15) is 0 Å². The molecular formula is C24H20N2O. The number of carbonyl (C=O) groups excluding carboxylic acids is 1. The molecule has 0 saturated carbocycles. The number of anilines is 2. The Labute approximate surface area is 158 Å². The molecule has 3 heteroatoms. The third-order valence-corrected chi connectivity index (χ3v) is 4.72. The van der Waals surface area contributed by atoms with Gasteiger partial charge in [-0.15, -0.1) is 0 Å². The Morgan fingerprint density at radius 1 is 0.815 bits per heavy atom. The molecule has 0 bridgehead atoms. The Balaban J connectivity index is 2.09. The van der Waals surface area contributed by atoms with Gasteiger partial charge in [0.2, 0.25) is 5.91 Å². The first-order valence-corrected chi connectivity index (χ1v) is 8.92. The summed E-state index contributed by atoms with van der Waals surface area (Å²) < 4.78 is 0. The van der Waals surface area contributed by atoms with Crippen molar-refractivity contribution in [2.75, 3.05) is 11.1 Å². The number of rotatable bonds is 3. The number of amides is 1. The van der Waals surface area contributed by atoms with Gasteiger partial charge in [0.15, 0.2) is 0 Å². The van der Waals surface area contributed by atoms with Gasteiger partial charge in [0.25, 0.3) is 0 Å². The van der Waals surface area contributed by atoms with Crippen LogP contribution in [-0.2, 0) is 4.79 Å². The lowest BCUT2D eigenvalue weighted by Gasteiger charge is -2.17. The molecule has 0 atom stereocenters. The molecule has 0 aliphatic heterocycles. The van der Waals surface area contributed by atoms with Crippen LogP contribution in [0.15, 0.2) is 84.9 Å². The number of nitrogen functional groups attached to an aromatic ring is 1. The van der Waals surface area contributed by atoms with E-state index in [0.717, 1.165) is 38.4 Å². The molecule has 4 aromatic carbocycles. The van der Waals surface area contributed by atoms with Crippen LogP contribution in [0.1, 0.15) is 6.92 Å². The van der Waals surface area contributed by atoms with E-state index in [-0.39, 0.29) is 5.91 Å². The summed E-state index contributed by atoms with van der Waals surface area (Å²) in [4.78, 5) is 12.3. The Morgan fingerprint density at radius 3 is 2.07 bits per heavy atom. The van der Waals surface area contributed by atoms with Gasteiger partial charge < -0.3 is 11.1 Å². The second kappa shape index (κ2) is 6.96. The molecule has 0 unspecified atom stereocenters. The van der Waals surface area contributed by atoms with Crippen molar-refractivity contribution in [3.63, 3.8) is 0 Å². The highest BCUT2D eigenvalue weighted by molar-refractivity contribution is 6.15. The molecule has 0 heterocycles. The van der Waals surface area contributed by atoms with E-state index < -0.39 is 0 Å². The van der Waals surface area contributed by atoms with Crippen molar-refractivity contribution in [1.29, 1.82) is 0 Å². The lowest BCUT2D eigenvalue weighted by Crippen LogP contribution is -2.09. The lowest BCUT2D eigenvalue weighted by atomic mass is 9.91. The third kappa shape index (κ3) is 3.04. The monoisotopic (exact) mass is 352 g/mol. The minimum absolute atomic E-state index is 0.159. The molecule has 0 aliphatic carbocycles. The summed E-state index contributed by atoms with van der Waals surface area (Å²) in [6, 6.07) is 24.2. The SMILES string of the molecule is C/C=C/C(=O)Nc1ccc2ccccc2c1-c1c(N)ccc2ccccc12. The van der Waals surface area contributed by atoms with Gasteiger partial charge in [-0.1, -0.05) is 66.7 Å². The maximum Gasteiger partial charge on any atom is 0.248 e. The highest BCUT2D eigenvalue weighted by Gasteiger charge is 2.16. The molecule has 0 saturated heterocycles. The quantitative estimate of drug-likeness (QED) is 0.364. The van der Waals surface area contributed by atoms with Gasteiger partial charge in [0, 0.05) is 22.5 Å². The Bertz CT molecular complexity index is 1190. The van der Waals surface area contributed by atoms with E-state index in [0.29, 0.717) is 5.69 Å². The highest BCUT2D eigenvalue weighted by atomic mass is 16.1. The molecule has 3 nitrogen and oxygen atoms in total. The highest BCUT2D eigenvalue weighted by Crippen LogP contribution is 2.42. The van der Waals surface area contributed by atoms with E-state index in [1.165, 1.54) is 6.08 Å². The van der Waals surface area contributed by atoms with Crippen molar-refractivity contribution in [2.24, 2.45) is 0 Å². The minimum atomic E-state index is -0.159. The van der Waals surface area contributed by atoms with Crippen LogP contribution in [0.2, 0.25) is 0 Å². The van der Waals surface area contributed by atoms with Crippen LogP contribution in [0.3, 0.4) is 0 Å². The summed E-state index contributed by atoms with van der Waals surface area (Å²) in [6.45, 7) is 1.82. The smallest absolute Gasteiger partial charge is 0.248 e. The summed E-state index contributed by atoms with van der Waals surface area (Å²) in [5.41, 5.74) is 9.77. The van der Waals surface area contributed by atoms with Crippen molar-refractivity contribution in [2.45, 2.75) is 6.92 Å². The van der Waals surface area contributed by atoms with Gasteiger partial charge in [-0.25, -0.2) is 0 Å². The molecule has 27 heavy (non-hydrogen) atoms. The summed E-state index contributed by atoms with van der Waals surface area (Å²) in [7, 11) is 0. The largest absolute Gasteiger partial charge is 0.398 e. The fourth-order valence-corrected chi connectivity index (χ4v) is 3.54. The molecule has 0 spiro atoms. The van der Waals surface area contributed by atoms with E-state index in [4.69, 9.17) is 5.73 Å². The molecule has 4 aromatic rings. The number of carbonyl (C=O) groups is 1. The van der Waals surface area contributed by atoms with E-state index in [1.54, 1.807) is 6.08 Å². The van der Waals surface area contributed by atoms with Crippen molar-refractivity contribution >= 4 is 38.8 Å². The average Bonchev–Trinajstić information content (AvgIpc) is 2.69. The van der Waals surface area contributed by atoms with E-state index >= 15 is 0 Å². The van der Waals surface area contributed by atoms with Crippen molar-refractivity contribution < 1.29 is 4.79 Å². The minimum Gasteiger partial charge on any atom is -0.398 e. The van der Waals surface area contributed by atoms with Crippen LogP contribution in [-0.4, -0.2) is 5.91 Å². The van der Waals surface area contributed by atoms with Crippen LogP contribution in [0, 0.1) is 0 Å². The van der Waals surface area contributed by atoms with Crippen molar-refractivity contribution in [1.82, 2.24) is 0 Å². The molecule has 0 radical (unpaired) electrons. The van der Waals surface area contributed by atoms with Gasteiger partial charge in [0.1, 0.15) is 0 Å². The zero-order chi connectivity index (χ0) is 18.8. The zero-order valence-electron chi connectivity index (χ0n) is 15.1. The van der Waals surface area contributed by atoms with Gasteiger partial charge in [-0.05, 0) is 46.7 Å². The number of fused-ring (bicyclic) bond motifs is 2. The first-order chi connectivity index (χ1) is 13.2. The fraction of sp³-hybridized carbons (Fsp3) is 0.0417. The fourth-order valence-electron chi connectivity index (χ4n) is 3.54. The van der Waals surface area contributed by atoms with E-state index in [9.17, 15) is 4.79 Å². The van der Waals surface area contributed by atoms with E-state index in [2.05, 4.69) is 29.6 Å². The average molecular weight is 352 g/mol. The molecule has 132 valence electrons. The van der Waals surface area contributed by atoms with Crippen LogP contribution in [0.4, 0.5) is 11.4 Å². The second-order valence-corrected chi connectivity index (χ2v) is 6.45. The Kier molecular flexibility index (Phi) is 4.35. The molecule has 0 aromatic heterocycles. The number of nitrogens with two attached hydrogens (primary N) is 1. The van der Waals surface area contributed by atoms with E-state index in [1.807, 2.05) is 55.5 Å². The predicted octanol–water partition coefficient (Wildman–Crippen LogP) is 5.76. The lowest BCUT2D eigenvalue weighted by molar-refractivity contribution is -0.111. The number of hydrogen-bond donors (Lipinski definition) is 2. The van der Waals surface area contributed by atoms with Crippen LogP contribution >= 0.6 is 0 Å². The molecule has 4 rings (SSSR count). The van der Waals surface area contributed by atoms with Gasteiger partial charge in [0.05, 0.1) is 0 Å². The number of benzene rings is 4. The summed E-state index contributed by atoms with van der Waals surface area (Å²) >= 11 is 0. The molecule has 3 N–H and O–H groups in total. The van der Waals surface area contributed by atoms with Crippen LogP contribution in [0.25, 0.3) is 32.7 Å². The third-order valence-electron chi connectivity index (χ3n) is 4.72. The molecular weight excluding hydrogens is 332 g/mol.